The fourth-order valence-corrected chi connectivity index (χ4v) is 3.64. The smallest absolute Gasteiger partial charge is 0.285 e. The van der Waals surface area contributed by atoms with Crippen LogP contribution < -0.4 is 14.8 Å². The summed E-state index contributed by atoms with van der Waals surface area (Å²) in [6.45, 7) is 0.626. The molecule has 8 heteroatoms. The van der Waals surface area contributed by atoms with Crippen molar-refractivity contribution in [2.75, 3.05) is 20.3 Å². The molecule has 0 saturated carbocycles. The van der Waals surface area contributed by atoms with Gasteiger partial charge in [0.15, 0.2) is 0 Å². The molecule has 1 aliphatic heterocycles. The molecule has 0 aromatic heterocycles. The Morgan fingerprint density at radius 3 is 2.28 bits per heavy atom. The lowest BCUT2D eigenvalue weighted by Crippen LogP contribution is -2.29. The van der Waals surface area contributed by atoms with Gasteiger partial charge in [0.2, 0.25) is 0 Å². The summed E-state index contributed by atoms with van der Waals surface area (Å²) in [5, 5.41) is 3.56. The molecule has 3 aromatic rings. The average Bonchev–Trinajstić information content (AvgIpc) is 3.15. The predicted molar refractivity (Wildman–Crippen MR) is 132 cm³/mol. The highest BCUT2D eigenvalue weighted by atomic mass is 16.7. The Kier molecular flexibility index (Phi) is 7.63. The Morgan fingerprint density at radius 1 is 0.917 bits per heavy atom. The van der Waals surface area contributed by atoms with Crippen molar-refractivity contribution < 1.29 is 28.7 Å². The molecule has 0 fully saturated rings. The molecule has 1 aliphatic rings. The van der Waals surface area contributed by atoms with Crippen LogP contribution in [0.4, 0.5) is 0 Å². The average molecular weight is 485 g/mol. The first-order valence-electron chi connectivity index (χ1n) is 11.2. The molecule has 3 aromatic carbocycles. The van der Waals surface area contributed by atoms with Crippen LogP contribution >= 0.6 is 0 Å². The van der Waals surface area contributed by atoms with E-state index in [0.717, 1.165) is 16.2 Å². The maximum absolute atomic E-state index is 12.8. The summed E-state index contributed by atoms with van der Waals surface area (Å²) in [6.07, 6.45) is 5.79. The number of methoxy groups -OCH3 is 1. The van der Waals surface area contributed by atoms with Crippen molar-refractivity contribution >= 4 is 17.7 Å². The number of nitrogens with zero attached hydrogens (tertiary/aromatic N) is 1. The highest BCUT2D eigenvalue weighted by molar-refractivity contribution is 6.21. The number of nitrogens with one attached hydrogen (secondary N) is 1. The number of hydrogen-bond donors (Lipinski definition) is 1. The van der Waals surface area contributed by atoms with E-state index in [4.69, 9.17) is 20.7 Å². The third kappa shape index (κ3) is 5.54. The zero-order chi connectivity index (χ0) is 25.5. The summed E-state index contributed by atoms with van der Waals surface area (Å²) in [5.41, 5.74) is 2.39. The fraction of sp³-hybridized carbons (Fsp3) is 0.179. The molecule has 1 N–H and O–H groups in total. The van der Waals surface area contributed by atoms with Crippen molar-refractivity contribution in [3.63, 3.8) is 0 Å². The molecule has 0 unspecified atom stereocenters. The van der Waals surface area contributed by atoms with Crippen molar-refractivity contribution in [2.24, 2.45) is 0 Å². The van der Waals surface area contributed by atoms with E-state index in [1.54, 1.807) is 31.4 Å². The van der Waals surface area contributed by atoms with E-state index in [0.29, 0.717) is 24.5 Å². The molecule has 0 aliphatic carbocycles. The van der Waals surface area contributed by atoms with Crippen LogP contribution in [0, 0.1) is 12.3 Å². The minimum atomic E-state index is -0.606. The lowest BCUT2D eigenvalue weighted by atomic mass is 10.1. The number of hydrogen-bond acceptors (Lipinski definition) is 6. The van der Waals surface area contributed by atoms with Crippen molar-refractivity contribution in [3.8, 4) is 23.8 Å². The minimum absolute atomic E-state index is 0.0276. The maximum atomic E-state index is 12.8. The summed E-state index contributed by atoms with van der Waals surface area (Å²) in [4.78, 5) is 43.6. The maximum Gasteiger partial charge on any atom is 0.285 e. The number of hydroxylamine groups is 2. The van der Waals surface area contributed by atoms with Gasteiger partial charge in [-0.15, -0.1) is 11.5 Å². The summed E-state index contributed by atoms with van der Waals surface area (Å²) < 4.78 is 10.5. The molecule has 0 atom stereocenters. The molecule has 182 valence electrons. The largest absolute Gasteiger partial charge is 0.497 e. The summed E-state index contributed by atoms with van der Waals surface area (Å²) in [5.74, 6) is 2.27. The summed E-state index contributed by atoms with van der Waals surface area (Å²) >= 11 is 0. The summed E-state index contributed by atoms with van der Waals surface area (Å²) in [6, 6.07) is 18.9. The van der Waals surface area contributed by atoms with Gasteiger partial charge in [0.25, 0.3) is 17.7 Å². The lowest BCUT2D eigenvalue weighted by molar-refractivity contribution is -0.101. The van der Waals surface area contributed by atoms with Crippen LogP contribution in [-0.2, 0) is 17.9 Å². The van der Waals surface area contributed by atoms with Crippen LogP contribution in [0.5, 0.6) is 11.5 Å². The number of benzene rings is 3. The number of imide groups is 1. The molecule has 36 heavy (non-hydrogen) atoms. The van der Waals surface area contributed by atoms with Gasteiger partial charge >= 0.3 is 0 Å². The molecular formula is C28H24N2O6. The van der Waals surface area contributed by atoms with E-state index in [1.165, 1.54) is 18.2 Å². The first-order valence-corrected chi connectivity index (χ1v) is 11.2. The number of carbonyl (C=O) groups is 3. The number of fused-ring (bicyclic) bond motifs is 1. The van der Waals surface area contributed by atoms with Gasteiger partial charge in [-0.3, -0.25) is 19.2 Å². The summed E-state index contributed by atoms with van der Waals surface area (Å²) in [7, 11) is 1.57. The Labute approximate surface area is 208 Å². The number of carbonyl (C=O) groups excluding carboxylic acids is 3. The molecule has 1 heterocycles. The molecule has 0 radical (unpaired) electrons. The third-order valence-electron chi connectivity index (χ3n) is 5.58. The molecule has 3 amide bonds. The molecular weight excluding hydrogens is 460 g/mol. The second-order valence-electron chi connectivity index (χ2n) is 7.93. The van der Waals surface area contributed by atoms with Gasteiger partial charge in [-0.2, -0.15) is 0 Å². The van der Waals surface area contributed by atoms with Crippen molar-refractivity contribution in [1.82, 2.24) is 10.4 Å². The van der Waals surface area contributed by atoms with Crippen LogP contribution in [0.3, 0.4) is 0 Å². The monoisotopic (exact) mass is 484 g/mol. The minimum Gasteiger partial charge on any atom is -0.497 e. The van der Waals surface area contributed by atoms with Gasteiger partial charge in [0.05, 0.1) is 18.2 Å². The molecule has 0 saturated heterocycles. The zero-order valence-corrected chi connectivity index (χ0v) is 19.7. The van der Waals surface area contributed by atoms with Gasteiger partial charge in [-0.05, 0) is 60.0 Å². The number of terminal acetylenes is 1. The van der Waals surface area contributed by atoms with E-state index in [9.17, 15) is 14.4 Å². The van der Waals surface area contributed by atoms with E-state index < -0.39 is 11.8 Å². The highest BCUT2D eigenvalue weighted by Crippen LogP contribution is 2.25. The van der Waals surface area contributed by atoms with Crippen molar-refractivity contribution in [2.45, 2.75) is 13.0 Å². The van der Waals surface area contributed by atoms with Gasteiger partial charge in [-0.25, -0.2) is 0 Å². The first-order chi connectivity index (χ1) is 17.5. The Hall–Kier alpha value is -4.61. The molecule has 8 nitrogen and oxygen atoms in total. The van der Waals surface area contributed by atoms with E-state index >= 15 is 0 Å². The normalized spacial score (nSPS) is 12.2. The standard InChI is InChI=1S/C28H24N2O6/c1-3-16-35-23-11-4-19(5-12-23)14-15-29-26(31)21-8-13-24-25(17-21)28(33)30(27(24)32)36-18-20-6-9-22(34-2)10-7-20/h1,4-13,17H,14-16,18H2,2H3,(H,29,31). The lowest BCUT2D eigenvalue weighted by Gasteiger charge is -2.13. The fourth-order valence-electron chi connectivity index (χ4n) is 3.64. The SMILES string of the molecule is C#CCOc1ccc(CCNC(=O)c2ccc3c(c2)C(=O)N(OCc2ccc(OC)cc2)C3=O)cc1. The Morgan fingerprint density at radius 2 is 1.58 bits per heavy atom. The van der Waals surface area contributed by atoms with Crippen molar-refractivity contribution in [3.05, 3.63) is 94.5 Å². The molecule has 0 bridgehead atoms. The molecule has 4 rings (SSSR count). The quantitative estimate of drug-likeness (QED) is 0.350. The van der Waals surface area contributed by atoms with E-state index in [1.807, 2.05) is 24.3 Å². The number of ether oxygens (including phenoxy) is 2. The first kappa shape index (κ1) is 24.5. The third-order valence-corrected chi connectivity index (χ3v) is 5.58. The van der Waals surface area contributed by atoms with Crippen LogP contribution in [0.25, 0.3) is 0 Å². The Bertz CT molecular complexity index is 1310. The van der Waals surface area contributed by atoms with Gasteiger partial charge < -0.3 is 14.8 Å². The topological polar surface area (TPSA) is 94.2 Å². The van der Waals surface area contributed by atoms with Crippen LogP contribution in [0.2, 0.25) is 0 Å². The van der Waals surface area contributed by atoms with Crippen molar-refractivity contribution in [1.29, 1.82) is 0 Å². The van der Waals surface area contributed by atoms with E-state index in [-0.39, 0.29) is 35.8 Å². The number of rotatable bonds is 10. The predicted octanol–water partition coefficient (Wildman–Crippen LogP) is 3.41. The van der Waals surface area contributed by atoms with Gasteiger partial charge in [0.1, 0.15) is 24.7 Å². The zero-order valence-electron chi connectivity index (χ0n) is 19.7. The van der Waals surface area contributed by atoms with Gasteiger partial charge in [0, 0.05) is 12.1 Å². The van der Waals surface area contributed by atoms with Crippen LogP contribution in [0.15, 0.2) is 66.7 Å². The van der Waals surface area contributed by atoms with E-state index in [2.05, 4.69) is 11.2 Å². The second-order valence-corrected chi connectivity index (χ2v) is 7.93. The van der Waals surface area contributed by atoms with Crippen LogP contribution in [-0.4, -0.2) is 43.0 Å². The number of amides is 3. The highest BCUT2D eigenvalue weighted by Gasteiger charge is 2.37. The second kappa shape index (κ2) is 11.2. The van der Waals surface area contributed by atoms with Crippen LogP contribution in [0.1, 0.15) is 42.2 Å². The van der Waals surface area contributed by atoms with Gasteiger partial charge in [-0.1, -0.05) is 30.2 Å². The molecule has 0 spiro atoms. The Balaban J connectivity index is 1.33.